The Morgan fingerprint density at radius 3 is 1.38 bits per heavy atom. The van der Waals surface area contributed by atoms with Crippen LogP contribution in [0.15, 0.2) is 36.5 Å². The number of rotatable bonds is 0. The molecule has 0 fully saturated rings. The van der Waals surface area contributed by atoms with E-state index in [1.54, 1.807) is 0 Å². The van der Waals surface area contributed by atoms with E-state index in [2.05, 4.69) is 24.3 Å². The second-order valence-electron chi connectivity index (χ2n) is 2.01. The monoisotopic (exact) mass is 212 g/mol. The SMILES string of the molecule is [C-]#N.[C-]1=CC=CC1.[C-]1=CC=CC1.[Fe+3]. The fourth-order valence-electron chi connectivity index (χ4n) is 0.680. The van der Waals surface area contributed by atoms with Gasteiger partial charge >= 0.3 is 17.1 Å². The first-order chi connectivity index (χ1) is 6.00. The van der Waals surface area contributed by atoms with Gasteiger partial charge in [0.05, 0.1) is 0 Å². The Bertz CT molecular complexity index is 179. The largest absolute Gasteiger partial charge is 3.00 e. The molecule has 2 aliphatic rings. The van der Waals surface area contributed by atoms with Gasteiger partial charge in [-0.2, -0.15) is 12.2 Å². The van der Waals surface area contributed by atoms with E-state index in [0.29, 0.717) is 0 Å². The molecule has 1 radical (unpaired) electrons. The van der Waals surface area contributed by atoms with Crippen molar-refractivity contribution in [3.63, 3.8) is 0 Å². The van der Waals surface area contributed by atoms with Crippen molar-refractivity contribution in [1.82, 2.24) is 0 Å². The average molecular weight is 212 g/mol. The van der Waals surface area contributed by atoms with Crippen LogP contribution in [0.4, 0.5) is 0 Å². The van der Waals surface area contributed by atoms with E-state index in [9.17, 15) is 0 Å². The van der Waals surface area contributed by atoms with E-state index >= 15 is 0 Å². The first kappa shape index (κ1) is 14.5. The molecule has 0 aromatic heterocycles. The van der Waals surface area contributed by atoms with Crippen LogP contribution in [0, 0.1) is 24.0 Å². The normalized spacial score (nSPS) is 13.7. The molecule has 2 rings (SSSR count). The van der Waals surface area contributed by atoms with Gasteiger partial charge < -0.3 is 11.8 Å². The van der Waals surface area contributed by atoms with Crippen molar-refractivity contribution >= 4 is 0 Å². The van der Waals surface area contributed by atoms with E-state index in [4.69, 9.17) is 11.8 Å². The third-order valence-electron chi connectivity index (χ3n) is 1.17. The van der Waals surface area contributed by atoms with Gasteiger partial charge in [-0.05, 0) is 0 Å². The Kier molecular flexibility index (Phi) is 15.1. The molecular weight excluding hydrogens is 202 g/mol. The van der Waals surface area contributed by atoms with Crippen LogP contribution in [-0.2, 0) is 17.1 Å². The van der Waals surface area contributed by atoms with Crippen molar-refractivity contribution in [2.24, 2.45) is 0 Å². The Labute approximate surface area is 90.6 Å². The van der Waals surface area contributed by atoms with Crippen LogP contribution < -0.4 is 0 Å². The van der Waals surface area contributed by atoms with Gasteiger partial charge in [0.2, 0.25) is 0 Å². The maximum atomic E-state index is 6.25. The maximum Gasteiger partial charge on any atom is 3.00 e. The summed E-state index contributed by atoms with van der Waals surface area (Å²) in [4.78, 5) is 0. The molecule has 0 aromatic carbocycles. The van der Waals surface area contributed by atoms with Crippen molar-refractivity contribution in [2.45, 2.75) is 12.8 Å². The third-order valence-corrected chi connectivity index (χ3v) is 1.17. The van der Waals surface area contributed by atoms with Crippen LogP contribution in [0.25, 0.3) is 0 Å². The summed E-state index contributed by atoms with van der Waals surface area (Å²) >= 11 is 0. The molecule has 0 atom stereocenters. The van der Waals surface area contributed by atoms with E-state index in [1.807, 2.05) is 24.3 Å². The quantitative estimate of drug-likeness (QED) is 0.447. The van der Waals surface area contributed by atoms with Gasteiger partial charge in [-0.1, -0.05) is 0 Å². The summed E-state index contributed by atoms with van der Waals surface area (Å²) in [6.45, 7) is 4.75. The zero-order valence-corrected chi connectivity index (χ0v) is 8.28. The van der Waals surface area contributed by atoms with Crippen LogP contribution in [-0.4, -0.2) is 0 Å². The summed E-state index contributed by atoms with van der Waals surface area (Å²) in [6, 6.07) is 0. The number of nitrogens with zero attached hydrogens (tertiary/aromatic N) is 1. The molecule has 0 amide bonds. The minimum absolute atomic E-state index is 0. The summed E-state index contributed by atoms with van der Waals surface area (Å²) in [5, 5.41) is 6.25. The van der Waals surface area contributed by atoms with Gasteiger partial charge in [-0.15, -0.1) is 12.8 Å². The van der Waals surface area contributed by atoms with E-state index < -0.39 is 0 Å². The summed E-state index contributed by atoms with van der Waals surface area (Å²) < 4.78 is 0. The predicted octanol–water partition coefficient (Wildman–Crippen LogP) is 2.71. The second-order valence-corrected chi connectivity index (χ2v) is 2.01. The average Bonchev–Trinajstić information content (AvgIpc) is 2.87. The first-order valence-electron chi connectivity index (χ1n) is 3.66. The van der Waals surface area contributed by atoms with Gasteiger partial charge in [0, 0.05) is 0 Å². The Morgan fingerprint density at radius 2 is 1.31 bits per heavy atom. The smallest absolute Gasteiger partial charge is 0.512 e. The Morgan fingerprint density at radius 1 is 0.923 bits per heavy atom. The van der Waals surface area contributed by atoms with Gasteiger partial charge in [-0.3, -0.25) is 12.2 Å². The predicted molar refractivity (Wildman–Crippen MR) is 48.1 cm³/mol. The standard InChI is InChI=1S/2C5H5.CN.Fe/c2*1-2-4-5-3-1;1-2;/h2*1-3H,4H2;;/q3*-1;+3. The Hall–Kier alpha value is -1.03. The van der Waals surface area contributed by atoms with Crippen LogP contribution in [0.1, 0.15) is 12.8 Å². The summed E-state index contributed by atoms with van der Waals surface area (Å²) in [6.07, 6.45) is 20.0. The van der Waals surface area contributed by atoms with E-state index in [0.717, 1.165) is 12.8 Å². The number of hydrogen-bond donors (Lipinski definition) is 0. The molecule has 0 aromatic rings. The first-order valence-corrected chi connectivity index (χ1v) is 3.66. The molecule has 0 saturated heterocycles. The van der Waals surface area contributed by atoms with Crippen molar-refractivity contribution in [2.75, 3.05) is 0 Å². The second kappa shape index (κ2) is 13.6. The van der Waals surface area contributed by atoms with Crippen molar-refractivity contribution in [1.29, 1.82) is 5.26 Å². The topological polar surface area (TPSA) is 23.8 Å². The fraction of sp³-hybridized carbons (Fsp3) is 0.182. The third kappa shape index (κ3) is 11.0. The van der Waals surface area contributed by atoms with Crippen LogP contribution in [0.5, 0.6) is 0 Å². The number of allylic oxidation sites excluding steroid dienone is 8. The van der Waals surface area contributed by atoms with Crippen LogP contribution >= 0.6 is 0 Å². The van der Waals surface area contributed by atoms with E-state index in [-0.39, 0.29) is 17.1 Å². The summed E-state index contributed by atoms with van der Waals surface area (Å²) in [5.41, 5.74) is 0. The molecule has 0 heterocycles. The van der Waals surface area contributed by atoms with Gasteiger partial charge in [0.25, 0.3) is 0 Å². The molecule has 0 spiro atoms. The van der Waals surface area contributed by atoms with Gasteiger partial charge in [0.15, 0.2) is 0 Å². The van der Waals surface area contributed by atoms with Crippen LogP contribution in [0.3, 0.4) is 0 Å². The molecule has 13 heavy (non-hydrogen) atoms. The molecule has 67 valence electrons. The molecule has 1 nitrogen and oxygen atoms in total. The van der Waals surface area contributed by atoms with Crippen molar-refractivity contribution in [3.8, 4) is 0 Å². The van der Waals surface area contributed by atoms with Gasteiger partial charge in [-0.25, -0.2) is 24.3 Å². The molecular formula is C11H10FeN. The zero-order valence-electron chi connectivity index (χ0n) is 7.18. The summed E-state index contributed by atoms with van der Waals surface area (Å²) in [5.74, 6) is 0. The molecule has 2 aliphatic carbocycles. The minimum atomic E-state index is 0. The minimum Gasteiger partial charge on any atom is -0.512 e. The number of hydrogen-bond acceptors (Lipinski definition) is 1. The van der Waals surface area contributed by atoms with Crippen LogP contribution in [0.2, 0.25) is 0 Å². The van der Waals surface area contributed by atoms with Crippen molar-refractivity contribution in [3.05, 3.63) is 55.2 Å². The molecule has 0 bridgehead atoms. The van der Waals surface area contributed by atoms with E-state index in [1.165, 1.54) is 0 Å². The summed E-state index contributed by atoms with van der Waals surface area (Å²) in [7, 11) is 0. The molecule has 0 aliphatic heterocycles. The molecule has 0 saturated carbocycles. The molecule has 0 unspecified atom stereocenters. The fourth-order valence-corrected chi connectivity index (χ4v) is 0.680. The molecule has 2 heteroatoms. The van der Waals surface area contributed by atoms with Gasteiger partial charge in [0.1, 0.15) is 0 Å². The maximum absolute atomic E-state index is 6.25. The molecule has 0 N–H and O–H groups in total. The zero-order chi connectivity index (χ0) is 9.07. The Balaban J connectivity index is 0. The van der Waals surface area contributed by atoms with Crippen molar-refractivity contribution < 1.29 is 17.1 Å².